The average Bonchev–Trinajstić information content (AvgIpc) is 2.40. The molecule has 2 amide bonds. The van der Waals surface area contributed by atoms with Crippen molar-refractivity contribution in [3.8, 4) is 0 Å². The molecule has 2 N–H and O–H groups in total. The standard InChI is InChI=1S/2C5H10N2O2S.2Na/c2*8-5(9)6-7-1-3-10-4-2-7;;/h2*6H,1-4H2,(H,8,9);;/q;;2*+1/p-2. The van der Waals surface area contributed by atoms with Gasteiger partial charge in [-0.3, -0.25) is 0 Å². The minimum atomic E-state index is -1.22. The molecule has 0 aromatic heterocycles. The molecule has 0 radical (unpaired) electrons. The van der Waals surface area contributed by atoms with Gasteiger partial charge in [0, 0.05) is 49.2 Å². The second-order valence-electron chi connectivity index (χ2n) is 4.00. The number of nitrogens with one attached hydrogen (secondary N) is 2. The average molecular weight is 368 g/mol. The quantitative estimate of drug-likeness (QED) is 0.463. The van der Waals surface area contributed by atoms with Crippen LogP contribution in [0, 0.1) is 0 Å². The van der Waals surface area contributed by atoms with Crippen LogP contribution in [0.4, 0.5) is 9.59 Å². The van der Waals surface area contributed by atoms with E-state index in [1.165, 1.54) is 0 Å². The van der Waals surface area contributed by atoms with E-state index in [0.717, 1.165) is 49.2 Å². The number of carboxylic acid groups (broad SMARTS) is 2. The summed E-state index contributed by atoms with van der Waals surface area (Å²) in [6, 6.07) is 0. The number of carbonyl (C=O) groups excluding carboxylic acids is 2. The number of rotatable bonds is 2. The van der Waals surface area contributed by atoms with Crippen LogP contribution in [0.15, 0.2) is 0 Å². The van der Waals surface area contributed by atoms with E-state index < -0.39 is 12.2 Å². The van der Waals surface area contributed by atoms with Crippen molar-refractivity contribution < 1.29 is 78.9 Å². The van der Waals surface area contributed by atoms with Gasteiger partial charge >= 0.3 is 59.1 Å². The topological polar surface area (TPSA) is 111 Å². The van der Waals surface area contributed by atoms with Gasteiger partial charge in [0.2, 0.25) is 0 Å². The van der Waals surface area contributed by atoms with E-state index in [4.69, 9.17) is 0 Å². The molecule has 22 heavy (non-hydrogen) atoms. The smallest absolute Gasteiger partial charge is 0.529 e. The van der Waals surface area contributed by atoms with E-state index in [9.17, 15) is 19.8 Å². The maximum absolute atomic E-state index is 10.00. The summed E-state index contributed by atoms with van der Waals surface area (Å²) in [5, 5.41) is 23.3. The third-order valence-corrected chi connectivity index (χ3v) is 4.41. The fourth-order valence-electron chi connectivity index (χ4n) is 1.61. The normalized spacial score (nSPS) is 18.5. The van der Waals surface area contributed by atoms with Gasteiger partial charge in [-0.1, -0.05) is 0 Å². The van der Waals surface area contributed by atoms with Gasteiger partial charge in [0.05, 0.1) is 0 Å². The zero-order valence-electron chi connectivity index (χ0n) is 13.0. The Kier molecular flexibility index (Phi) is 18.1. The molecular weight excluding hydrogens is 350 g/mol. The summed E-state index contributed by atoms with van der Waals surface area (Å²) >= 11 is 3.66. The first-order valence-electron chi connectivity index (χ1n) is 6.18. The monoisotopic (exact) mass is 368 g/mol. The Morgan fingerprint density at radius 1 is 0.727 bits per heavy atom. The minimum Gasteiger partial charge on any atom is -0.529 e. The van der Waals surface area contributed by atoms with E-state index in [2.05, 4.69) is 10.9 Å². The largest absolute Gasteiger partial charge is 1.00 e. The van der Waals surface area contributed by atoms with Gasteiger partial charge in [0.1, 0.15) is 12.2 Å². The first-order valence-corrected chi connectivity index (χ1v) is 8.49. The maximum atomic E-state index is 10.00. The van der Waals surface area contributed by atoms with Crippen molar-refractivity contribution >= 4 is 35.7 Å². The molecule has 2 heterocycles. The SMILES string of the molecule is O=C([O-])NN1CCSCC1.O=C([O-])NN1CCSCC1.[Na+].[Na+]. The summed E-state index contributed by atoms with van der Waals surface area (Å²) in [6.45, 7) is 3.11. The molecule has 0 aromatic rings. The number of thioether (sulfide) groups is 2. The predicted octanol–water partition coefficient (Wildman–Crippen LogP) is -8.23. The van der Waals surface area contributed by atoms with Crippen molar-refractivity contribution in [1.29, 1.82) is 0 Å². The molecule has 2 aliphatic heterocycles. The van der Waals surface area contributed by atoms with Gasteiger partial charge in [0.15, 0.2) is 0 Å². The van der Waals surface area contributed by atoms with Crippen LogP contribution in [0.2, 0.25) is 0 Å². The predicted molar refractivity (Wildman–Crippen MR) is 74.9 cm³/mol. The van der Waals surface area contributed by atoms with Crippen LogP contribution >= 0.6 is 23.5 Å². The number of amides is 2. The number of hydrogen-bond acceptors (Lipinski definition) is 8. The van der Waals surface area contributed by atoms with Crippen LogP contribution < -0.4 is 80.2 Å². The van der Waals surface area contributed by atoms with Gasteiger partial charge in [0.25, 0.3) is 0 Å². The van der Waals surface area contributed by atoms with E-state index in [1.807, 2.05) is 23.5 Å². The summed E-state index contributed by atoms with van der Waals surface area (Å²) in [4.78, 5) is 20.0. The molecule has 0 atom stereocenters. The first kappa shape index (κ1) is 25.4. The second-order valence-corrected chi connectivity index (χ2v) is 6.45. The Morgan fingerprint density at radius 2 is 1.00 bits per heavy atom. The van der Waals surface area contributed by atoms with Crippen LogP contribution in [-0.2, 0) is 0 Å². The maximum Gasteiger partial charge on any atom is 1.00 e. The Morgan fingerprint density at radius 3 is 1.23 bits per heavy atom. The summed E-state index contributed by atoms with van der Waals surface area (Å²) in [5.74, 6) is 3.95. The molecule has 2 aliphatic rings. The minimum absolute atomic E-state index is 0. The van der Waals surface area contributed by atoms with E-state index in [-0.39, 0.29) is 59.1 Å². The van der Waals surface area contributed by atoms with Crippen molar-refractivity contribution in [2.24, 2.45) is 0 Å². The van der Waals surface area contributed by atoms with Crippen LogP contribution in [0.5, 0.6) is 0 Å². The molecule has 2 rings (SSSR count). The molecule has 2 saturated heterocycles. The fraction of sp³-hybridized carbons (Fsp3) is 0.800. The van der Waals surface area contributed by atoms with Crippen molar-refractivity contribution in [2.45, 2.75) is 0 Å². The summed E-state index contributed by atoms with van der Waals surface area (Å²) < 4.78 is 0. The van der Waals surface area contributed by atoms with Gasteiger partial charge in [-0.2, -0.15) is 23.5 Å². The molecule has 0 bridgehead atoms. The van der Waals surface area contributed by atoms with E-state index in [1.54, 1.807) is 10.0 Å². The number of carbonyl (C=O) groups is 2. The Balaban J connectivity index is 0. The summed E-state index contributed by atoms with van der Waals surface area (Å²) in [5.41, 5.74) is 4.41. The first-order chi connectivity index (χ1) is 9.58. The van der Waals surface area contributed by atoms with Gasteiger partial charge in [-0.05, 0) is 0 Å². The van der Waals surface area contributed by atoms with Crippen molar-refractivity contribution in [3.05, 3.63) is 0 Å². The molecule has 2 fully saturated rings. The zero-order valence-corrected chi connectivity index (χ0v) is 18.6. The number of hydrogen-bond donors (Lipinski definition) is 2. The zero-order chi connectivity index (χ0) is 14.8. The van der Waals surface area contributed by atoms with Crippen LogP contribution in [0.25, 0.3) is 0 Å². The molecule has 0 aromatic carbocycles. The molecule has 116 valence electrons. The Hall–Kier alpha value is 1.16. The summed E-state index contributed by atoms with van der Waals surface area (Å²) in [7, 11) is 0. The Bertz CT molecular complexity index is 289. The third-order valence-electron chi connectivity index (χ3n) is 2.52. The van der Waals surface area contributed by atoms with Crippen molar-refractivity contribution in [1.82, 2.24) is 20.9 Å². The van der Waals surface area contributed by atoms with Gasteiger partial charge < -0.3 is 30.7 Å². The van der Waals surface area contributed by atoms with Crippen molar-refractivity contribution in [3.63, 3.8) is 0 Å². The summed E-state index contributed by atoms with van der Waals surface area (Å²) in [6.07, 6.45) is -2.43. The van der Waals surface area contributed by atoms with Gasteiger partial charge in [-0.15, -0.1) is 0 Å². The van der Waals surface area contributed by atoms with Gasteiger partial charge in [-0.25, -0.2) is 10.0 Å². The van der Waals surface area contributed by atoms with Crippen LogP contribution in [0.3, 0.4) is 0 Å². The molecule has 0 aliphatic carbocycles. The molecule has 12 heteroatoms. The fourth-order valence-corrected chi connectivity index (χ4v) is 3.41. The molecule has 0 spiro atoms. The van der Waals surface area contributed by atoms with Crippen LogP contribution in [0.1, 0.15) is 0 Å². The Labute approximate surface area is 183 Å². The molecule has 8 nitrogen and oxygen atoms in total. The second kappa shape index (κ2) is 15.7. The third kappa shape index (κ3) is 13.6. The van der Waals surface area contributed by atoms with E-state index >= 15 is 0 Å². The number of nitrogens with zero attached hydrogens (tertiary/aromatic N) is 2. The van der Waals surface area contributed by atoms with Crippen molar-refractivity contribution in [2.75, 3.05) is 49.2 Å². The van der Waals surface area contributed by atoms with Crippen LogP contribution in [-0.4, -0.2) is 71.4 Å². The molecular formula is C10H18N4Na2O4S2. The molecule has 0 saturated carbocycles. The van der Waals surface area contributed by atoms with E-state index in [0.29, 0.717) is 0 Å². The number of hydrazine groups is 2. The molecule has 0 unspecified atom stereocenters.